The Balaban J connectivity index is 1.30. The third kappa shape index (κ3) is 5.50. The fourth-order valence-electron chi connectivity index (χ4n) is 3.76. The number of morpholine rings is 1. The van der Waals surface area contributed by atoms with Crippen LogP contribution in [0.15, 0.2) is 42.5 Å². The molecule has 0 radical (unpaired) electrons. The van der Waals surface area contributed by atoms with Gasteiger partial charge in [-0.25, -0.2) is 4.39 Å². The molecule has 1 aliphatic heterocycles. The van der Waals surface area contributed by atoms with Crippen molar-refractivity contribution in [3.05, 3.63) is 58.9 Å². The summed E-state index contributed by atoms with van der Waals surface area (Å²) in [5.74, 6) is -0.336. The van der Waals surface area contributed by atoms with Gasteiger partial charge in [-0.1, -0.05) is 17.7 Å². The molecule has 0 unspecified atom stereocenters. The van der Waals surface area contributed by atoms with Gasteiger partial charge in [0.2, 0.25) is 5.91 Å². The maximum atomic E-state index is 14.1. The molecule has 2 aromatic carbocycles. The minimum absolute atomic E-state index is 0.0422. The van der Waals surface area contributed by atoms with E-state index in [1.807, 2.05) is 24.3 Å². The molecule has 0 bridgehead atoms. The first-order valence-electron chi connectivity index (χ1n) is 10.5. The summed E-state index contributed by atoms with van der Waals surface area (Å²) in [6.45, 7) is 4.26. The predicted molar refractivity (Wildman–Crippen MR) is 118 cm³/mol. The number of hydrogen-bond donors (Lipinski definition) is 1. The van der Waals surface area contributed by atoms with Crippen LogP contribution in [0.25, 0.3) is 0 Å². The van der Waals surface area contributed by atoms with E-state index in [9.17, 15) is 9.18 Å². The Morgan fingerprint density at radius 2 is 1.90 bits per heavy atom. The predicted octanol–water partition coefficient (Wildman–Crippen LogP) is 4.31. The van der Waals surface area contributed by atoms with Crippen LogP contribution in [-0.4, -0.2) is 49.7 Å². The van der Waals surface area contributed by atoms with Gasteiger partial charge in [-0.05, 0) is 49.2 Å². The van der Waals surface area contributed by atoms with Gasteiger partial charge in [0, 0.05) is 60.6 Å². The van der Waals surface area contributed by atoms with E-state index in [-0.39, 0.29) is 11.7 Å². The lowest BCUT2D eigenvalue weighted by Gasteiger charge is -2.28. The number of ether oxygens (including phenoxy) is 1. The van der Waals surface area contributed by atoms with Crippen LogP contribution in [0.4, 0.5) is 15.8 Å². The molecule has 160 valence electrons. The normalized spacial score (nSPS) is 16.7. The van der Waals surface area contributed by atoms with Crippen molar-refractivity contribution in [2.45, 2.75) is 31.8 Å². The zero-order chi connectivity index (χ0) is 20.9. The SMILES string of the molecule is O=C(CCN(Cc1c(F)cccc1Cl)C1CC1)Nc1ccc(N2CCOCC2)cc1. The van der Waals surface area contributed by atoms with E-state index in [1.54, 1.807) is 12.1 Å². The second-order valence-corrected chi connectivity index (χ2v) is 8.25. The number of amides is 1. The van der Waals surface area contributed by atoms with E-state index in [0.717, 1.165) is 50.5 Å². The van der Waals surface area contributed by atoms with Crippen molar-refractivity contribution < 1.29 is 13.9 Å². The largest absolute Gasteiger partial charge is 0.378 e. The number of carbonyl (C=O) groups excluding carboxylic acids is 1. The first-order valence-corrected chi connectivity index (χ1v) is 10.9. The summed E-state index contributed by atoms with van der Waals surface area (Å²) >= 11 is 6.18. The Morgan fingerprint density at radius 1 is 1.17 bits per heavy atom. The second kappa shape index (κ2) is 9.77. The van der Waals surface area contributed by atoms with E-state index in [1.165, 1.54) is 6.07 Å². The quantitative estimate of drug-likeness (QED) is 0.676. The van der Waals surface area contributed by atoms with E-state index < -0.39 is 0 Å². The smallest absolute Gasteiger partial charge is 0.225 e. The van der Waals surface area contributed by atoms with Gasteiger partial charge < -0.3 is 15.0 Å². The Morgan fingerprint density at radius 3 is 2.57 bits per heavy atom. The monoisotopic (exact) mass is 431 g/mol. The minimum atomic E-state index is -0.294. The van der Waals surface area contributed by atoms with Crippen LogP contribution >= 0.6 is 11.6 Å². The number of nitrogens with zero attached hydrogens (tertiary/aromatic N) is 2. The van der Waals surface area contributed by atoms with Crippen LogP contribution < -0.4 is 10.2 Å². The molecule has 2 fully saturated rings. The summed E-state index contributed by atoms with van der Waals surface area (Å²) in [6.07, 6.45) is 2.52. The van der Waals surface area contributed by atoms with Crippen LogP contribution in [0.2, 0.25) is 5.02 Å². The van der Waals surface area contributed by atoms with Crippen LogP contribution in [0.3, 0.4) is 0 Å². The number of benzene rings is 2. The number of carbonyl (C=O) groups is 1. The third-order valence-electron chi connectivity index (χ3n) is 5.64. The lowest BCUT2D eigenvalue weighted by atomic mass is 10.2. The molecule has 5 nitrogen and oxygen atoms in total. The van der Waals surface area contributed by atoms with Crippen molar-refractivity contribution in [3.8, 4) is 0 Å². The molecule has 1 aliphatic carbocycles. The lowest BCUT2D eigenvalue weighted by Crippen LogP contribution is -2.36. The summed E-state index contributed by atoms with van der Waals surface area (Å²) in [5.41, 5.74) is 2.43. The number of anilines is 2. The molecule has 0 aromatic heterocycles. The molecule has 30 heavy (non-hydrogen) atoms. The number of hydrogen-bond acceptors (Lipinski definition) is 4. The van der Waals surface area contributed by atoms with Gasteiger partial charge in [0.15, 0.2) is 0 Å². The van der Waals surface area contributed by atoms with Crippen molar-refractivity contribution in [2.24, 2.45) is 0 Å². The van der Waals surface area contributed by atoms with Crippen LogP contribution in [0.1, 0.15) is 24.8 Å². The Labute approximate surface area is 181 Å². The summed E-state index contributed by atoms with van der Waals surface area (Å²) in [5, 5.41) is 3.40. The van der Waals surface area contributed by atoms with Crippen molar-refractivity contribution in [1.29, 1.82) is 0 Å². The first kappa shape index (κ1) is 21.1. The molecule has 0 spiro atoms. The second-order valence-electron chi connectivity index (χ2n) is 7.85. The van der Waals surface area contributed by atoms with Gasteiger partial charge in [-0.15, -0.1) is 0 Å². The molecule has 0 atom stereocenters. The van der Waals surface area contributed by atoms with Crippen molar-refractivity contribution >= 4 is 28.9 Å². The zero-order valence-electron chi connectivity index (χ0n) is 16.9. The maximum Gasteiger partial charge on any atom is 0.225 e. The topological polar surface area (TPSA) is 44.8 Å². The highest BCUT2D eigenvalue weighted by Crippen LogP contribution is 2.30. The highest BCUT2D eigenvalue weighted by atomic mass is 35.5. The molecule has 4 rings (SSSR count). The Kier molecular flexibility index (Phi) is 6.87. The molecule has 1 saturated carbocycles. The molecule has 1 saturated heterocycles. The van der Waals surface area contributed by atoms with E-state index >= 15 is 0 Å². The molecular weight excluding hydrogens is 405 g/mol. The van der Waals surface area contributed by atoms with Gasteiger partial charge in [0.05, 0.1) is 13.2 Å². The van der Waals surface area contributed by atoms with E-state index in [0.29, 0.717) is 36.1 Å². The average Bonchev–Trinajstić information content (AvgIpc) is 3.59. The zero-order valence-corrected chi connectivity index (χ0v) is 17.7. The minimum Gasteiger partial charge on any atom is -0.378 e. The van der Waals surface area contributed by atoms with Gasteiger partial charge in [-0.2, -0.15) is 0 Å². The highest BCUT2D eigenvalue weighted by molar-refractivity contribution is 6.31. The number of nitrogens with one attached hydrogen (secondary N) is 1. The number of halogens is 2. The summed E-state index contributed by atoms with van der Waals surface area (Å²) in [7, 11) is 0. The van der Waals surface area contributed by atoms with Crippen molar-refractivity contribution in [3.63, 3.8) is 0 Å². The van der Waals surface area contributed by atoms with Crippen LogP contribution in [-0.2, 0) is 16.1 Å². The Hall–Kier alpha value is -2.15. The van der Waals surface area contributed by atoms with Crippen molar-refractivity contribution in [1.82, 2.24) is 4.90 Å². The first-order chi connectivity index (χ1) is 14.6. The molecule has 1 amide bonds. The summed E-state index contributed by atoms with van der Waals surface area (Å²) < 4.78 is 19.5. The Bertz CT molecular complexity index is 847. The van der Waals surface area contributed by atoms with E-state index in [4.69, 9.17) is 16.3 Å². The number of rotatable bonds is 8. The molecule has 2 aliphatic rings. The van der Waals surface area contributed by atoms with Gasteiger partial charge in [0.1, 0.15) is 5.82 Å². The standard InChI is InChI=1S/C23H27ClFN3O2/c24-21-2-1-3-22(25)20(21)16-28(19-8-9-19)11-10-23(29)26-17-4-6-18(7-5-17)27-12-14-30-15-13-27/h1-7,19H,8-16H2,(H,26,29). The van der Waals surface area contributed by atoms with Gasteiger partial charge >= 0.3 is 0 Å². The third-order valence-corrected chi connectivity index (χ3v) is 5.99. The molecule has 7 heteroatoms. The molecular formula is C23H27ClFN3O2. The average molecular weight is 432 g/mol. The lowest BCUT2D eigenvalue weighted by molar-refractivity contribution is -0.116. The fourth-order valence-corrected chi connectivity index (χ4v) is 3.99. The van der Waals surface area contributed by atoms with Crippen LogP contribution in [0, 0.1) is 5.82 Å². The molecule has 2 aromatic rings. The van der Waals surface area contributed by atoms with Crippen LogP contribution in [0.5, 0.6) is 0 Å². The molecule has 1 heterocycles. The highest BCUT2D eigenvalue weighted by Gasteiger charge is 2.30. The fraction of sp³-hybridized carbons (Fsp3) is 0.435. The summed E-state index contributed by atoms with van der Waals surface area (Å²) in [6, 6.07) is 13.1. The molecule has 1 N–H and O–H groups in total. The van der Waals surface area contributed by atoms with Gasteiger partial charge in [-0.3, -0.25) is 9.69 Å². The summed E-state index contributed by atoms with van der Waals surface area (Å²) in [4.78, 5) is 16.9. The van der Waals surface area contributed by atoms with Gasteiger partial charge in [0.25, 0.3) is 0 Å². The van der Waals surface area contributed by atoms with Crippen molar-refractivity contribution in [2.75, 3.05) is 43.1 Å². The van der Waals surface area contributed by atoms with E-state index in [2.05, 4.69) is 15.1 Å². The maximum absolute atomic E-state index is 14.1.